The molecule has 19 heavy (non-hydrogen) atoms. The maximum absolute atomic E-state index is 12.2. The van der Waals surface area contributed by atoms with Crippen LogP contribution in [0.2, 0.25) is 0 Å². The second-order valence-electron chi connectivity index (χ2n) is 4.55. The Labute approximate surface area is 119 Å². The molecule has 1 unspecified atom stereocenters. The average molecular weight is 300 g/mol. The van der Waals surface area contributed by atoms with Gasteiger partial charge in [0.15, 0.2) is 9.84 Å². The van der Waals surface area contributed by atoms with Crippen molar-refractivity contribution < 1.29 is 8.42 Å². The summed E-state index contributed by atoms with van der Waals surface area (Å²) in [5, 5.41) is -0.403. The van der Waals surface area contributed by atoms with Crippen LogP contribution in [0.1, 0.15) is 12.5 Å². The van der Waals surface area contributed by atoms with Gasteiger partial charge in [-0.15, -0.1) is 0 Å². The first-order chi connectivity index (χ1) is 9.08. The first-order valence-electron chi connectivity index (χ1n) is 6.43. The fraction of sp³-hybridized carbons (Fsp3) is 0.538. The van der Waals surface area contributed by atoms with Gasteiger partial charge >= 0.3 is 0 Å². The van der Waals surface area contributed by atoms with E-state index in [9.17, 15) is 8.42 Å². The van der Waals surface area contributed by atoms with E-state index in [1.165, 1.54) is 0 Å². The number of rotatable bonds is 4. The molecule has 1 aliphatic rings. The van der Waals surface area contributed by atoms with Gasteiger partial charge in [-0.05, 0) is 17.7 Å². The molecule has 1 saturated heterocycles. The number of anilines is 1. The number of hydrogen-bond acceptors (Lipinski definition) is 5. The summed E-state index contributed by atoms with van der Waals surface area (Å²) in [6.07, 6.45) is 0. The third kappa shape index (κ3) is 3.24. The number of hydrogen-bond donors (Lipinski definition) is 1. The summed E-state index contributed by atoms with van der Waals surface area (Å²) >= 11 is 1.71. The van der Waals surface area contributed by atoms with E-state index >= 15 is 0 Å². The SMILES string of the molecule is CCS(=O)(=O)C1CSCCN1c1ccc(CN)cc1. The molecule has 1 aromatic rings. The minimum atomic E-state index is -3.05. The molecular formula is C13H20N2O2S2. The van der Waals surface area contributed by atoms with Crippen molar-refractivity contribution in [1.29, 1.82) is 0 Å². The molecule has 1 aliphatic heterocycles. The number of nitrogens with two attached hydrogens (primary N) is 1. The lowest BCUT2D eigenvalue weighted by Gasteiger charge is -2.36. The Hall–Kier alpha value is -0.720. The van der Waals surface area contributed by atoms with Gasteiger partial charge in [-0.3, -0.25) is 0 Å². The van der Waals surface area contributed by atoms with Gasteiger partial charge in [0.25, 0.3) is 0 Å². The Morgan fingerprint density at radius 2 is 2.05 bits per heavy atom. The van der Waals surface area contributed by atoms with Crippen molar-refractivity contribution in [2.75, 3.05) is 28.7 Å². The second-order valence-corrected chi connectivity index (χ2v) is 8.14. The summed E-state index contributed by atoms with van der Waals surface area (Å²) in [7, 11) is -3.05. The fourth-order valence-corrected chi connectivity index (χ4v) is 5.18. The molecule has 1 heterocycles. The molecule has 1 aromatic carbocycles. The van der Waals surface area contributed by atoms with Gasteiger partial charge in [-0.1, -0.05) is 19.1 Å². The fourth-order valence-electron chi connectivity index (χ4n) is 2.19. The van der Waals surface area contributed by atoms with Crippen molar-refractivity contribution in [2.45, 2.75) is 18.8 Å². The van der Waals surface area contributed by atoms with Crippen LogP contribution in [-0.2, 0) is 16.4 Å². The van der Waals surface area contributed by atoms with Crippen molar-refractivity contribution in [3.8, 4) is 0 Å². The largest absolute Gasteiger partial charge is 0.353 e. The Balaban J connectivity index is 2.28. The zero-order chi connectivity index (χ0) is 13.9. The molecule has 4 nitrogen and oxygen atoms in total. The number of nitrogens with zero attached hydrogens (tertiary/aromatic N) is 1. The van der Waals surface area contributed by atoms with E-state index in [4.69, 9.17) is 5.73 Å². The Morgan fingerprint density at radius 3 is 2.63 bits per heavy atom. The van der Waals surface area contributed by atoms with E-state index in [2.05, 4.69) is 0 Å². The van der Waals surface area contributed by atoms with E-state index in [1.807, 2.05) is 29.2 Å². The smallest absolute Gasteiger partial charge is 0.171 e. The van der Waals surface area contributed by atoms with Crippen molar-refractivity contribution in [3.63, 3.8) is 0 Å². The summed E-state index contributed by atoms with van der Waals surface area (Å²) in [4.78, 5) is 2.01. The van der Waals surface area contributed by atoms with E-state index in [-0.39, 0.29) is 5.75 Å². The third-order valence-electron chi connectivity index (χ3n) is 3.41. The van der Waals surface area contributed by atoms with E-state index in [0.29, 0.717) is 12.3 Å². The molecule has 2 rings (SSSR count). The van der Waals surface area contributed by atoms with Gasteiger partial charge in [0.1, 0.15) is 5.37 Å². The molecule has 0 bridgehead atoms. The van der Waals surface area contributed by atoms with E-state index in [0.717, 1.165) is 23.5 Å². The first-order valence-corrected chi connectivity index (χ1v) is 9.30. The van der Waals surface area contributed by atoms with E-state index < -0.39 is 15.2 Å². The van der Waals surface area contributed by atoms with Gasteiger partial charge in [0.2, 0.25) is 0 Å². The normalized spacial score (nSPS) is 20.5. The Bertz CT molecular complexity index is 514. The minimum Gasteiger partial charge on any atom is -0.353 e. The lowest BCUT2D eigenvalue weighted by Crippen LogP contribution is -2.48. The van der Waals surface area contributed by atoms with Crippen molar-refractivity contribution >= 4 is 27.3 Å². The lowest BCUT2D eigenvalue weighted by atomic mass is 10.2. The molecule has 0 aromatic heterocycles. The molecule has 106 valence electrons. The highest BCUT2D eigenvalue weighted by Gasteiger charge is 2.32. The molecule has 0 spiro atoms. The number of thioether (sulfide) groups is 1. The summed E-state index contributed by atoms with van der Waals surface area (Å²) < 4.78 is 24.4. The maximum atomic E-state index is 12.2. The number of sulfone groups is 1. The van der Waals surface area contributed by atoms with Crippen LogP contribution in [0.4, 0.5) is 5.69 Å². The van der Waals surface area contributed by atoms with Gasteiger partial charge < -0.3 is 10.6 Å². The Morgan fingerprint density at radius 1 is 1.37 bits per heavy atom. The standard InChI is InChI=1S/C13H20N2O2S2/c1-2-19(16,17)13-10-18-8-7-15(13)12-5-3-11(9-14)4-6-12/h3-6,13H,2,7-10,14H2,1H3. The maximum Gasteiger partial charge on any atom is 0.171 e. The van der Waals surface area contributed by atoms with Crippen LogP contribution in [0.3, 0.4) is 0 Å². The lowest BCUT2D eigenvalue weighted by molar-refractivity contribution is 0.579. The van der Waals surface area contributed by atoms with Crippen LogP contribution >= 0.6 is 11.8 Å². The van der Waals surface area contributed by atoms with Crippen LogP contribution in [-0.4, -0.2) is 37.6 Å². The molecular weight excluding hydrogens is 280 g/mol. The van der Waals surface area contributed by atoms with Crippen molar-refractivity contribution in [2.24, 2.45) is 5.73 Å². The van der Waals surface area contributed by atoms with Crippen molar-refractivity contribution in [1.82, 2.24) is 0 Å². The van der Waals surface area contributed by atoms with Gasteiger partial charge in [0.05, 0.1) is 0 Å². The zero-order valence-electron chi connectivity index (χ0n) is 11.1. The molecule has 1 fully saturated rings. The summed E-state index contributed by atoms with van der Waals surface area (Å²) in [6.45, 7) is 2.99. The highest BCUT2D eigenvalue weighted by atomic mass is 32.2. The topological polar surface area (TPSA) is 63.4 Å². The predicted octanol–water partition coefficient (Wildman–Crippen LogP) is 1.46. The van der Waals surface area contributed by atoms with Gasteiger partial charge in [-0.2, -0.15) is 11.8 Å². The molecule has 2 N–H and O–H groups in total. The average Bonchev–Trinajstić information content (AvgIpc) is 2.47. The summed E-state index contributed by atoms with van der Waals surface area (Å²) in [5.41, 5.74) is 7.62. The van der Waals surface area contributed by atoms with E-state index in [1.54, 1.807) is 18.7 Å². The van der Waals surface area contributed by atoms with Crippen molar-refractivity contribution in [3.05, 3.63) is 29.8 Å². The van der Waals surface area contributed by atoms with Crippen LogP contribution in [0, 0.1) is 0 Å². The molecule has 0 aliphatic carbocycles. The van der Waals surface area contributed by atoms with Crippen LogP contribution in [0.5, 0.6) is 0 Å². The summed E-state index contributed by atoms with van der Waals surface area (Å²) in [5.74, 6) is 1.80. The van der Waals surface area contributed by atoms with Crippen LogP contribution in [0.25, 0.3) is 0 Å². The monoisotopic (exact) mass is 300 g/mol. The number of benzene rings is 1. The minimum absolute atomic E-state index is 0.190. The molecule has 1 atom stereocenters. The molecule has 6 heteroatoms. The predicted molar refractivity (Wildman–Crippen MR) is 82.3 cm³/mol. The highest BCUT2D eigenvalue weighted by Crippen LogP contribution is 2.27. The van der Waals surface area contributed by atoms with Crippen LogP contribution < -0.4 is 10.6 Å². The molecule has 0 radical (unpaired) electrons. The van der Waals surface area contributed by atoms with Gasteiger partial charge in [0, 0.05) is 36.0 Å². The second kappa shape index (κ2) is 6.15. The molecule has 0 amide bonds. The highest BCUT2D eigenvalue weighted by molar-refractivity contribution is 8.01. The summed E-state index contributed by atoms with van der Waals surface area (Å²) in [6, 6.07) is 7.87. The Kier molecular flexibility index (Phi) is 4.76. The zero-order valence-corrected chi connectivity index (χ0v) is 12.7. The first kappa shape index (κ1) is 14.7. The van der Waals surface area contributed by atoms with Crippen LogP contribution in [0.15, 0.2) is 24.3 Å². The third-order valence-corrected chi connectivity index (χ3v) is 6.69. The quantitative estimate of drug-likeness (QED) is 0.912. The molecule has 0 saturated carbocycles. The van der Waals surface area contributed by atoms with Gasteiger partial charge in [-0.25, -0.2) is 8.42 Å².